The number of esters is 2. The summed E-state index contributed by atoms with van der Waals surface area (Å²) in [5, 5.41) is 60.6. The maximum atomic E-state index is 12.9. The number of aliphatic hydroxyl groups is 6. The van der Waals surface area contributed by atoms with Crippen LogP contribution in [0.3, 0.4) is 0 Å². The van der Waals surface area contributed by atoms with Gasteiger partial charge in [0.2, 0.25) is 0 Å². The number of rotatable bonds is 34. The predicted molar refractivity (Wildman–Crippen MR) is 239 cm³/mol. The van der Waals surface area contributed by atoms with Crippen molar-refractivity contribution < 1.29 is 78.0 Å². The second-order valence-electron chi connectivity index (χ2n) is 17.3. The lowest BCUT2D eigenvalue weighted by atomic mass is 9.85. The average molecular weight is 931 g/mol. The largest absolute Gasteiger partial charge is 0.472 e. The summed E-state index contributed by atoms with van der Waals surface area (Å²) in [4.78, 5) is 46.9. The van der Waals surface area contributed by atoms with E-state index < -0.39 is 81.8 Å². The number of allylic oxidation sites excluding steroid dienone is 5. The van der Waals surface area contributed by atoms with Crippen molar-refractivity contribution in [2.75, 3.05) is 13.2 Å². The van der Waals surface area contributed by atoms with E-state index >= 15 is 0 Å². The van der Waals surface area contributed by atoms with Crippen molar-refractivity contribution in [3.63, 3.8) is 0 Å². The van der Waals surface area contributed by atoms with E-state index in [9.17, 15) is 49.7 Å². The van der Waals surface area contributed by atoms with Crippen LogP contribution in [0, 0.1) is 11.8 Å². The second-order valence-corrected chi connectivity index (χ2v) is 18.7. The van der Waals surface area contributed by atoms with Gasteiger partial charge in [0.1, 0.15) is 49.3 Å². The molecule has 17 heteroatoms. The van der Waals surface area contributed by atoms with E-state index in [4.69, 9.17) is 28.3 Å². The van der Waals surface area contributed by atoms with Crippen molar-refractivity contribution in [3.8, 4) is 0 Å². The average Bonchev–Trinajstić information content (AvgIpc) is 3.89. The zero-order chi connectivity index (χ0) is 46.7. The molecule has 1 heterocycles. The van der Waals surface area contributed by atoms with Crippen LogP contribution in [0.25, 0.3) is 0 Å². The third-order valence-corrected chi connectivity index (χ3v) is 12.9. The van der Waals surface area contributed by atoms with Crippen LogP contribution >= 0.6 is 7.82 Å². The third kappa shape index (κ3) is 21.1. The zero-order valence-electron chi connectivity index (χ0n) is 38.1. The minimum absolute atomic E-state index is 0.0314. The Balaban J connectivity index is 1.43. The first kappa shape index (κ1) is 56.0. The van der Waals surface area contributed by atoms with Gasteiger partial charge in [-0.15, -0.1) is 0 Å². The maximum Gasteiger partial charge on any atom is 0.472 e. The molecule has 3 fully saturated rings. The first-order valence-corrected chi connectivity index (χ1v) is 25.3. The molecule has 0 amide bonds. The number of carbonyl (C=O) groups is 2. The Morgan fingerprint density at radius 2 is 1.27 bits per heavy atom. The summed E-state index contributed by atoms with van der Waals surface area (Å²) in [6, 6.07) is 0. The summed E-state index contributed by atoms with van der Waals surface area (Å²) in [6.07, 6.45) is 20.6. The number of fused-ring (bicyclic) bond motifs is 2. The van der Waals surface area contributed by atoms with Crippen molar-refractivity contribution >= 4 is 19.8 Å². The molecule has 3 rings (SSSR count). The number of hydrogen-bond acceptors (Lipinski definition) is 15. The summed E-state index contributed by atoms with van der Waals surface area (Å²) >= 11 is 0. The zero-order valence-corrected chi connectivity index (χ0v) is 39.0. The Bertz CT molecular complexity index is 1460. The van der Waals surface area contributed by atoms with Crippen molar-refractivity contribution in [1.29, 1.82) is 0 Å². The van der Waals surface area contributed by atoms with Crippen LogP contribution in [-0.4, -0.2) is 122 Å². The van der Waals surface area contributed by atoms with Crippen molar-refractivity contribution in [2.24, 2.45) is 11.8 Å². The summed E-state index contributed by atoms with van der Waals surface area (Å²) in [7, 11) is -5.17. The van der Waals surface area contributed by atoms with E-state index in [1.54, 1.807) is 0 Å². The van der Waals surface area contributed by atoms with Gasteiger partial charge in [-0.1, -0.05) is 114 Å². The van der Waals surface area contributed by atoms with E-state index in [1.807, 2.05) is 43.4 Å². The molecular weight excluding hydrogens is 851 g/mol. The van der Waals surface area contributed by atoms with Gasteiger partial charge in [-0.05, 0) is 64.2 Å². The third-order valence-electron chi connectivity index (χ3n) is 12.0. The van der Waals surface area contributed by atoms with E-state index in [0.29, 0.717) is 32.1 Å². The lowest BCUT2D eigenvalue weighted by Crippen LogP contribution is -2.64. The molecule has 2 saturated carbocycles. The highest BCUT2D eigenvalue weighted by molar-refractivity contribution is 7.47. The van der Waals surface area contributed by atoms with E-state index in [1.165, 1.54) is 38.5 Å². The monoisotopic (exact) mass is 931 g/mol. The fraction of sp³-hybridized carbons (Fsp3) is 0.787. The van der Waals surface area contributed by atoms with Crippen LogP contribution in [-0.2, 0) is 42.5 Å². The summed E-state index contributed by atoms with van der Waals surface area (Å²) in [6.45, 7) is 2.98. The molecule has 0 radical (unpaired) electrons. The SMILES string of the molecule is CC/C=C\CC(O)/C=C/C1C2CC(OO2)C1C/C=C\CCCC(=O)OC(COC(=O)CCCCCCC/C=C\CCCCCCCC)COP(=O)(O)OC1C(O)C(O)C(O)C(O)C1O. The molecule has 64 heavy (non-hydrogen) atoms. The van der Waals surface area contributed by atoms with Crippen molar-refractivity contribution in [1.82, 2.24) is 0 Å². The molecule has 2 bridgehead atoms. The highest BCUT2D eigenvalue weighted by Gasteiger charge is 2.52. The molecule has 11 atom stereocenters. The molecule has 2 aliphatic carbocycles. The molecular formula is C47H79O16P. The standard InChI is InChI=1S/C47H79O16P/c1-3-5-7-8-9-10-11-12-13-14-15-16-17-18-23-27-40(49)58-32-35(33-59-64(56,57)63-47-45(54)43(52)42(51)44(53)46(47)55)60-41(50)28-24-20-19-22-26-36-37(39-31-38(36)61-62-39)30-29-34(48)25-21-6-4-2/h6,12-13,19,21-22,29-30,34-39,42-48,51-55H,3-5,7-11,14-18,20,23-28,31-33H2,1-2H3,(H,56,57)/b13-12-,21-6-,22-19-,30-29+. The van der Waals surface area contributed by atoms with E-state index in [-0.39, 0.29) is 36.9 Å². The highest BCUT2D eigenvalue weighted by atomic mass is 31.2. The van der Waals surface area contributed by atoms with Crippen LogP contribution in [0.5, 0.6) is 0 Å². The molecule has 7 N–H and O–H groups in total. The Morgan fingerprint density at radius 3 is 1.94 bits per heavy atom. The summed E-state index contributed by atoms with van der Waals surface area (Å²) < 4.78 is 33.6. The van der Waals surface area contributed by atoms with Crippen molar-refractivity contribution in [3.05, 3.63) is 48.6 Å². The molecule has 368 valence electrons. The van der Waals surface area contributed by atoms with Gasteiger partial charge in [0, 0.05) is 31.1 Å². The lowest BCUT2D eigenvalue weighted by molar-refractivity contribution is -0.336. The fourth-order valence-corrected chi connectivity index (χ4v) is 9.10. The number of aliphatic hydroxyl groups excluding tert-OH is 6. The first-order valence-electron chi connectivity index (χ1n) is 23.8. The van der Waals surface area contributed by atoms with Crippen molar-refractivity contribution in [2.45, 2.75) is 210 Å². The summed E-state index contributed by atoms with van der Waals surface area (Å²) in [5.74, 6) is -0.957. The molecule has 16 nitrogen and oxygen atoms in total. The Morgan fingerprint density at radius 1 is 0.688 bits per heavy atom. The maximum absolute atomic E-state index is 12.9. The molecule has 3 aliphatic rings. The number of unbranched alkanes of at least 4 members (excludes halogenated alkanes) is 12. The Labute approximate surface area is 380 Å². The van der Waals surface area contributed by atoms with Gasteiger partial charge in [-0.2, -0.15) is 0 Å². The van der Waals surface area contributed by atoms with Crippen LogP contribution in [0.1, 0.15) is 149 Å². The summed E-state index contributed by atoms with van der Waals surface area (Å²) in [5.41, 5.74) is 0. The van der Waals surface area contributed by atoms with Gasteiger partial charge in [0.05, 0.1) is 18.8 Å². The first-order chi connectivity index (χ1) is 30.8. The number of hydrogen-bond donors (Lipinski definition) is 7. The molecule has 0 spiro atoms. The number of phosphoric ester groups is 1. The molecule has 0 aromatic carbocycles. The minimum Gasteiger partial charge on any atom is -0.462 e. The predicted octanol–water partition coefficient (Wildman–Crippen LogP) is 6.52. The van der Waals surface area contributed by atoms with Crippen LogP contribution < -0.4 is 0 Å². The van der Waals surface area contributed by atoms with Gasteiger partial charge in [-0.25, -0.2) is 14.3 Å². The van der Waals surface area contributed by atoms with E-state index in [2.05, 4.69) is 19.1 Å². The lowest BCUT2D eigenvalue weighted by Gasteiger charge is -2.41. The highest BCUT2D eigenvalue weighted by Crippen LogP contribution is 2.47. The fourth-order valence-electron chi connectivity index (χ4n) is 8.13. The van der Waals surface area contributed by atoms with Gasteiger partial charge in [0.25, 0.3) is 0 Å². The molecule has 11 unspecified atom stereocenters. The van der Waals surface area contributed by atoms with Gasteiger partial charge >= 0.3 is 19.8 Å². The normalized spacial score (nSPS) is 29.0. The quantitative estimate of drug-likeness (QED) is 0.0119. The van der Waals surface area contributed by atoms with Gasteiger partial charge < -0.3 is 45.0 Å². The molecule has 0 aromatic heterocycles. The Hall–Kier alpha value is -2.31. The van der Waals surface area contributed by atoms with Crippen LogP contribution in [0.4, 0.5) is 0 Å². The topological polar surface area (TPSA) is 248 Å². The van der Waals surface area contributed by atoms with E-state index in [0.717, 1.165) is 51.4 Å². The van der Waals surface area contributed by atoms with Gasteiger partial charge in [-0.3, -0.25) is 18.6 Å². The Kier molecular flexibility index (Phi) is 27.7. The minimum atomic E-state index is -5.17. The van der Waals surface area contributed by atoms with Crippen LogP contribution in [0.2, 0.25) is 0 Å². The second kappa shape index (κ2) is 31.6. The molecule has 0 aromatic rings. The number of phosphoric acid groups is 1. The van der Waals surface area contributed by atoms with Gasteiger partial charge in [0.15, 0.2) is 6.10 Å². The molecule has 1 aliphatic heterocycles. The number of carbonyl (C=O) groups excluding carboxylic acids is 2. The van der Waals surface area contributed by atoms with Crippen LogP contribution in [0.15, 0.2) is 48.6 Å². The molecule has 1 saturated heterocycles. The number of ether oxygens (including phenoxy) is 2. The smallest absolute Gasteiger partial charge is 0.462 e.